The number of piperidine rings is 2. The van der Waals surface area contributed by atoms with E-state index in [1.54, 1.807) is 4.90 Å². The van der Waals surface area contributed by atoms with Gasteiger partial charge < -0.3 is 44.9 Å². The Bertz CT molecular complexity index is 1890. The molecule has 7 rings (SSSR count). The fourth-order valence-electron chi connectivity index (χ4n) is 9.06. The number of nitrogens with one attached hydrogen (secondary N) is 1. The van der Waals surface area contributed by atoms with Crippen LogP contribution in [0.5, 0.6) is 0 Å². The lowest BCUT2D eigenvalue weighted by atomic mass is 9.99. The number of morpholine rings is 1. The number of esters is 1. The maximum atomic E-state index is 14.8. The summed E-state index contributed by atoms with van der Waals surface area (Å²) >= 11 is 6.21. The van der Waals surface area contributed by atoms with Crippen molar-refractivity contribution in [2.75, 3.05) is 110 Å². The number of para-hydroxylation sites is 1. The Morgan fingerprint density at radius 1 is 0.951 bits per heavy atom. The van der Waals surface area contributed by atoms with Gasteiger partial charge in [0.25, 0.3) is 5.91 Å². The molecular formula is C42H56ClF3N8O7. The van der Waals surface area contributed by atoms with E-state index in [4.69, 9.17) is 31.5 Å². The van der Waals surface area contributed by atoms with Crippen LogP contribution in [0.4, 0.5) is 34.1 Å². The summed E-state index contributed by atoms with van der Waals surface area (Å²) in [6, 6.07) is 8.41. The SMILES string of the molecule is CN1CCC(N2CCN(C(=O)[C@@H](Cc3cc(Cl)c(N)c(C(F)(F)F)c3)OC(=O)N3CCC(N4CCc5ccccc5NC4=O)CC3)[C@H](C(=O)OCCN3CCOCC3)C2)CC1. The van der Waals surface area contributed by atoms with Gasteiger partial charge in [0.2, 0.25) is 0 Å². The van der Waals surface area contributed by atoms with Crippen LogP contribution in [0.3, 0.4) is 0 Å². The van der Waals surface area contributed by atoms with Crippen molar-refractivity contribution in [2.45, 2.75) is 68.9 Å². The molecule has 0 aromatic heterocycles. The van der Waals surface area contributed by atoms with Crippen LogP contribution < -0.4 is 11.1 Å². The van der Waals surface area contributed by atoms with E-state index in [1.807, 2.05) is 24.3 Å². The molecule has 19 heteroatoms. The number of fused-ring (bicyclic) bond motifs is 1. The first-order valence-corrected chi connectivity index (χ1v) is 21.6. The highest BCUT2D eigenvalue weighted by atomic mass is 35.5. The number of hydrogen-bond acceptors (Lipinski definition) is 11. The van der Waals surface area contributed by atoms with Gasteiger partial charge in [-0.2, -0.15) is 13.2 Å². The van der Waals surface area contributed by atoms with E-state index in [0.29, 0.717) is 65.2 Å². The molecule has 2 atom stereocenters. The van der Waals surface area contributed by atoms with Crippen LogP contribution in [0.1, 0.15) is 42.4 Å². The van der Waals surface area contributed by atoms with Crippen LogP contribution in [0.15, 0.2) is 36.4 Å². The third-order valence-corrected chi connectivity index (χ3v) is 13.0. The van der Waals surface area contributed by atoms with Crippen LogP contribution in [-0.4, -0.2) is 176 Å². The summed E-state index contributed by atoms with van der Waals surface area (Å²) in [7, 11) is 2.06. The number of alkyl halides is 3. The number of urea groups is 1. The predicted molar refractivity (Wildman–Crippen MR) is 221 cm³/mol. The number of amides is 4. The number of likely N-dealkylation sites (tertiary alicyclic amines) is 2. The third-order valence-electron chi connectivity index (χ3n) is 12.7. The molecular weight excluding hydrogens is 821 g/mol. The molecule has 5 aliphatic heterocycles. The maximum Gasteiger partial charge on any atom is 0.418 e. The van der Waals surface area contributed by atoms with Crippen LogP contribution >= 0.6 is 11.6 Å². The topological polar surface area (TPSA) is 153 Å². The number of ether oxygens (including phenoxy) is 3. The van der Waals surface area contributed by atoms with E-state index in [0.717, 1.165) is 43.2 Å². The number of nitrogen functional groups attached to an aromatic ring is 1. The maximum absolute atomic E-state index is 14.8. The standard InChI is InChI=1S/C42H56ClF3N8O7/c1-49-11-7-30(8-12-49)52-16-17-54(35(27-52)39(56)60-23-20-50-18-21-59-22-19-50)38(55)36(26-28-24-32(42(44,45)46)37(47)33(43)25-28)61-41(58)51-13-9-31(10-14-51)53-15-6-29-4-2-3-5-34(29)48-40(53)57/h2-5,24-25,30-31,35-36H,6-23,26-27,47H2,1H3,(H,48,57)/t35-,36+/m0/s1. The van der Waals surface area contributed by atoms with Gasteiger partial charge >= 0.3 is 24.3 Å². The van der Waals surface area contributed by atoms with Crippen molar-refractivity contribution < 1.29 is 46.6 Å². The minimum absolute atomic E-state index is 0.0286. The zero-order valence-electron chi connectivity index (χ0n) is 34.5. The molecule has 4 amide bonds. The van der Waals surface area contributed by atoms with E-state index < -0.39 is 54.0 Å². The molecule has 2 aromatic carbocycles. The van der Waals surface area contributed by atoms with Crippen molar-refractivity contribution in [3.63, 3.8) is 0 Å². The normalized spacial score (nSPS) is 22.3. The van der Waals surface area contributed by atoms with E-state index >= 15 is 0 Å². The Morgan fingerprint density at radius 3 is 2.38 bits per heavy atom. The summed E-state index contributed by atoms with van der Waals surface area (Å²) in [5.41, 5.74) is 5.67. The Hall–Kier alpha value is -4.36. The quantitative estimate of drug-likeness (QED) is 0.263. The summed E-state index contributed by atoms with van der Waals surface area (Å²) in [6.45, 7) is 6.56. The monoisotopic (exact) mass is 876 g/mol. The first-order chi connectivity index (χ1) is 29.2. The molecule has 0 radical (unpaired) electrons. The second-order valence-electron chi connectivity index (χ2n) is 16.6. The Morgan fingerprint density at radius 2 is 1.66 bits per heavy atom. The molecule has 4 fully saturated rings. The number of benzene rings is 2. The first kappa shape index (κ1) is 44.7. The average Bonchev–Trinajstić information content (AvgIpc) is 3.42. The van der Waals surface area contributed by atoms with Crippen molar-refractivity contribution in [3.8, 4) is 0 Å². The molecule has 4 saturated heterocycles. The molecule has 334 valence electrons. The van der Waals surface area contributed by atoms with Gasteiger partial charge in [-0.1, -0.05) is 29.8 Å². The Kier molecular flexibility index (Phi) is 14.5. The number of halogens is 4. The van der Waals surface area contributed by atoms with Crippen LogP contribution in [0.2, 0.25) is 5.02 Å². The molecule has 3 N–H and O–H groups in total. The lowest BCUT2D eigenvalue weighted by Gasteiger charge is -2.45. The Labute approximate surface area is 359 Å². The van der Waals surface area contributed by atoms with E-state index in [-0.39, 0.29) is 61.5 Å². The zero-order chi connectivity index (χ0) is 43.3. The van der Waals surface area contributed by atoms with Gasteiger partial charge in [-0.3, -0.25) is 14.6 Å². The van der Waals surface area contributed by atoms with Gasteiger partial charge in [0.15, 0.2) is 6.10 Å². The van der Waals surface area contributed by atoms with Crippen molar-refractivity contribution in [1.29, 1.82) is 0 Å². The molecule has 0 spiro atoms. The minimum Gasteiger partial charge on any atom is -0.463 e. The van der Waals surface area contributed by atoms with Crippen molar-refractivity contribution in [3.05, 3.63) is 58.1 Å². The number of nitrogens with zero attached hydrogens (tertiary/aromatic N) is 6. The van der Waals surface area contributed by atoms with Gasteiger partial charge in [0.05, 0.1) is 29.5 Å². The molecule has 61 heavy (non-hydrogen) atoms. The first-order valence-electron chi connectivity index (χ1n) is 21.2. The van der Waals surface area contributed by atoms with Gasteiger partial charge in [-0.25, -0.2) is 14.4 Å². The third kappa shape index (κ3) is 11.0. The molecule has 0 bridgehead atoms. The second-order valence-corrected chi connectivity index (χ2v) is 17.0. The number of piperazine rings is 1. The summed E-state index contributed by atoms with van der Waals surface area (Å²) < 4.78 is 59.5. The average molecular weight is 877 g/mol. The van der Waals surface area contributed by atoms with Gasteiger partial charge in [0.1, 0.15) is 12.6 Å². The lowest BCUT2D eigenvalue weighted by molar-refractivity contribution is -0.163. The molecule has 0 saturated carbocycles. The summed E-state index contributed by atoms with van der Waals surface area (Å²) in [6.07, 6.45) is -4.46. The molecule has 0 unspecified atom stereocenters. The number of carbonyl (C=O) groups is 4. The van der Waals surface area contributed by atoms with E-state index in [1.165, 1.54) is 15.9 Å². The van der Waals surface area contributed by atoms with Crippen LogP contribution in [-0.2, 0) is 42.8 Å². The van der Waals surface area contributed by atoms with E-state index in [2.05, 4.69) is 27.1 Å². The fraction of sp³-hybridized carbons (Fsp3) is 0.619. The summed E-state index contributed by atoms with van der Waals surface area (Å²) in [5, 5.41) is 2.62. The van der Waals surface area contributed by atoms with Gasteiger partial charge in [0, 0.05) is 83.1 Å². The highest BCUT2D eigenvalue weighted by molar-refractivity contribution is 6.33. The number of carbonyl (C=O) groups excluding carboxylic acids is 4. The predicted octanol–water partition coefficient (Wildman–Crippen LogP) is 4.03. The number of anilines is 2. The van der Waals surface area contributed by atoms with Crippen LogP contribution in [0.25, 0.3) is 0 Å². The molecule has 15 nitrogen and oxygen atoms in total. The summed E-state index contributed by atoms with van der Waals surface area (Å²) in [5.74, 6) is -1.34. The van der Waals surface area contributed by atoms with Gasteiger partial charge in [-0.15, -0.1) is 0 Å². The fourth-order valence-corrected chi connectivity index (χ4v) is 9.30. The van der Waals surface area contributed by atoms with Crippen LogP contribution in [0, 0.1) is 0 Å². The zero-order valence-corrected chi connectivity index (χ0v) is 35.3. The van der Waals surface area contributed by atoms with E-state index in [9.17, 15) is 32.3 Å². The summed E-state index contributed by atoms with van der Waals surface area (Å²) in [4.78, 5) is 67.1. The smallest absolute Gasteiger partial charge is 0.418 e. The second kappa shape index (κ2) is 19.8. The van der Waals surface area contributed by atoms with Crippen molar-refractivity contribution in [1.82, 2.24) is 29.4 Å². The highest BCUT2D eigenvalue weighted by Gasteiger charge is 2.43. The minimum atomic E-state index is -4.85. The molecule has 2 aromatic rings. The largest absolute Gasteiger partial charge is 0.463 e. The Balaban J connectivity index is 1.09. The molecule has 5 aliphatic rings. The number of nitrogens with two attached hydrogens (primary N) is 1. The van der Waals surface area contributed by atoms with Crippen molar-refractivity contribution in [2.24, 2.45) is 0 Å². The molecule has 5 heterocycles. The number of hydrogen-bond donors (Lipinski definition) is 2. The molecule has 0 aliphatic carbocycles. The highest BCUT2D eigenvalue weighted by Crippen LogP contribution is 2.38. The lowest BCUT2D eigenvalue weighted by Crippen LogP contribution is -2.63. The number of rotatable bonds is 10. The van der Waals surface area contributed by atoms with Crippen molar-refractivity contribution >= 4 is 47.0 Å². The van der Waals surface area contributed by atoms with Gasteiger partial charge in [-0.05, 0) is 81.6 Å².